The van der Waals surface area contributed by atoms with Crippen LogP contribution in [-0.4, -0.2) is 50.7 Å². The monoisotopic (exact) mass is 426 g/mol. The van der Waals surface area contributed by atoms with E-state index in [0.29, 0.717) is 35.6 Å². The van der Waals surface area contributed by atoms with Gasteiger partial charge in [-0.05, 0) is 50.5 Å². The Labute approximate surface area is 173 Å². The first-order valence-corrected chi connectivity index (χ1v) is 10.7. The van der Waals surface area contributed by atoms with Gasteiger partial charge in [0.25, 0.3) is 0 Å². The largest absolute Gasteiger partial charge is 0.371 e. The van der Waals surface area contributed by atoms with Gasteiger partial charge in [-0.2, -0.15) is 4.98 Å². The Kier molecular flexibility index (Phi) is 4.25. The van der Waals surface area contributed by atoms with Gasteiger partial charge in [0.15, 0.2) is 5.82 Å². The molecule has 2 N–H and O–H groups in total. The van der Waals surface area contributed by atoms with Crippen molar-refractivity contribution in [2.75, 3.05) is 36.9 Å². The lowest BCUT2D eigenvalue weighted by atomic mass is 9.79. The molecule has 0 bridgehead atoms. The van der Waals surface area contributed by atoms with Crippen molar-refractivity contribution in [3.05, 3.63) is 35.5 Å². The molecule has 8 nitrogen and oxygen atoms in total. The number of halogens is 1. The van der Waals surface area contributed by atoms with E-state index in [9.17, 15) is 8.42 Å². The van der Waals surface area contributed by atoms with Crippen molar-refractivity contribution in [1.82, 2.24) is 14.7 Å². The number of sulfonamides is 1. The number of hydrogen-bond donors (Lipinski definition) is 2. The van der Waals surface area contributed by atoms with E-state index in [1.54, 1.807) is 4.72 Å². The van der Waals surface area contributed by atoms with Gasteiger partial charge in [0.05, 0.1) is 23.3 Å². The minimum Gasteiger partial charge on any atom is -0.371 e. The first-order chi connectivity index (χ1) is 14.6. The lowest BCUT2D eigenvalue weighted by Gasteiger charge is -2.48. The van der Waals surface area contributed by atoms with Crippen LogP contribution in [-0.2, 0) is 14.8 Å². The van der Waals surface area contributed by atoms with Gasteiger partial charge in [-0.3, -0.25) is 0 Å². The van der Waals surface area contributed by atoms with E-state index in [1.165, 1.54) is 30.5 Å². The maximum absolute atomic E-state index is 12.1. The van der Waals surface area contributed by atoms with E-state index < -0.39 is 17.0 Å². The molecule has 150 valence electrons. The zero-order chi connectivity index (χ0) is 22.3. The van der Waals surface area contributed by atoms with Crippen molar-refractivity contribution < 1.29 is 17.3 Å². The minimum absolute atomic E-state index is 0.107. The SMILES string of the molecule is [2H]C([2H])([2H])NS(=O)(=O)c1ccc(Nc2ncc(Cl)c(N3CCOC4(CCC4)C3)n2)cc1. The fourth-order valence-electron chi connectivity index (χ4n) is 3.44. The second-order valence-electron chi connectivity index (χ2n) is 6.93. The van der Waals surface area contributed by atoms with E-state index in [4.69, 9.17) is 20.5 Å². The molecule has 10 heteroatoms. The summed E-state index contributed by atoms with van der Waals surface area (Å²) in [6.45, 7) is -0.780. The van der Waals surface area contributed by atoms with Crippen LogP contribution < -0.4 is 14.9 Å². The van der Waals surface area contributed by atoms with Crippen LogP contribution in [0, 0.1) is 0 Å². The van der Waals surface area contributed by atoms with Crippen LogP contribution in [0.5, 0.6) is 0 Å². The van der Waals surface area contributed by atoms with Crippen molar-refractivity contribution >= 4 is 39.1 Å². The van der Waals surface area contributed by atoms with Gasteiger partial charge >= 0.3 is 0 Å². The van der Waals surface area contributed by atoms with Gasteiger partial charge in [0.2, 0.25) is 16.0 Å². The Bertz CT molecular complexity index is 1060. The zero-order valence-corrected chi connectivity index (χ0v) is 16.6. The van der Waals surface area contributed by atoms with Crippen LogP contribution in [0.2, 0.25) is 5.02 Å². The fourth-order valence-corrected chi connectivity index (χ4v) is 4.27. The van der Waals surface area contributed by atoms with Crippen molar-refractivity contribution in [1.29, 1.82) is 0 Å². The van der Waals surface area contributed by atoms with E-state index >= 15 is 0 Å². The summed E-state index contributed by atoms with van der Waals surface area (Å²) in [5.74, 6) is 0.930. The lowest BCUT2D eigenvalue weighted by Crippen LogP contribution is -2.56. The summed E-state index contributed by atoms with van der Waals surface area (Å²) in [5, 5.41) is 3.46. The summed E-state index contributed by atoms with van der Waals surface area (Å²) >= 11 is 6.36. The van der Waals surface area contributed by atoms with E-state index in [1.807, 2.05) is 0 Å². The molecule has 0 atom stereocenters. The Morgan fingerprint density at radius 3 is 2.79 bits per heavy atom. The number of aromatic nitrogens is 2. The summed E-state index contributed by atoms with van der Waals surface area (Å²) in [4.78, 5) is 10.7. The number of morpholine rings is 1. The fraction of sp³-hybridized carbons (Fsp3) is 0.444. The number of anilines is 3. The quantitative estimate of drug-likeness (QED) is 0.758. The van der Waals surface area contributed by atoms with Crippen LogP contribution in [0.25, 0.3) is 0 Å². The van der Waals surface area contributed by atoms with E-state index in [-0.39, 0.29) is 10.5 Å². The van der Waals surface area contributed by atoms with Gasteiger partial charge in [-0.15, -0.1) is 0 Å². The third-order valence-electron chi connectivity index (χ3n) is 5.09. The third kappa shape index (κ3) is 3.80. The van der Waals surface area contributed by atoms with Gasteiger partial charge in [-0.25, -0.2) is 18.1 Å². The molecule has 1 aromatic carbocycles. The topological polar surface area (TPSA) is 96.5 Å². The summed E-state index contributed by atoms with van der Waals surface area (Å²) in [6.07, 6.45) is 4.74. The zero-order valence-electron chi connectivity index (χ0n) is 18.0. The molecule has 2 aliphatic rings. The number of hydrogen-bond acceptors (Lipinski definition) is 7. The number of nitrogens with zero attached hydrogens (tertiary/aromatic N) is 3. The van der Waals surface area contributed by atoms with E-state index in [2.05, 4.69) is 20.2 Å². The van der Waals surface area contributed by atoms with E-state index in [0.717, 1.165) is 25.8 Å². The summed E-state index contributed by atoms with van der Waals surface area (Å²) in [5.41, 5.74) is 0.433. The molecule has 0 amide bonds. The smallest absolute Gasteiger partial charge is 0.240 e. The van der Waals surface area contributed by atoms with Crippen molar-refractivity contribution in [2.45, 2.75) is 29.8 Å². The lowest BCUT2D eigenvalue weighted by molar-refractivity contribution is -0.106. The van der Waals surface area contributed by atoms with Gasteiger partial charge in [0.1, 0.15) is 5.02 Å². The molecular formula is C18H22ClN5O3S. The minimum atomic E-state index is -4.15. The molecule has 1 aliphatic carbocycles. The Balaban J connectivity index is 1.49. The summed E-state index contributed by atoms with van der Waals surface area (Å²) in [6, 6.07) is 5.61. The van der Waals surface area contributed by atoms with Gasteiger partial charge in [-0.1, -0.05) is 11.6 Å². The molecule has 28 heavy (non-hydrogen) atoms. The second kappa shape index (κ2) is 7.47. The van der Waals surface area contributed by atoms with Gasteiger partial charge in [0, 0.05) is 22.9 Å². The highest BCUT2D eigenvalue weighted by Crippen LogP contribution is 2.40. The first kappa shape index (κ1) is 15.9. The molecule has 4 rings (SSSR count). The molecule has 2 fully saturated rings. The number of rotatable bonds is 5. The van der Waals surface area contributed by atoms with Crippen LogP contribution in [0.3, 0.4) is 0 Å². The maximum Gasteiger partial charge on any atom is 0.240 e. The maximum atomic E-state index is 12.1. The summed E-state index contributed by atoms with van der Waals surface area (Å²) < 4.78 is 53.1. The average molecular weight is 427 g/mol. The normalized spacial score (nSPS) is 20.8. The second-order valence-corrected chi connectivity index (χ2v) is 9.02. The molecule has 1 saturated carbocycles. The molecule has 2 aromatic rings. The number of nitrogens with one attached hydrogen (secondary N) is 2. The molecule has 0 radical (unpaired) electrons. The van der Waals surface area contributed by atoms with Crippen LogP contribution in [0.1, 0.15) is 23.4 Å². The molecule has 1 aliphatic heterocycles. The van der Waals surface area contributed by atoms with Crippen LogP contribution >= 0.6 is 11.6 Å². The molecule has 1 saturated heterocycles. The Hall–Kier alpha value is -1.94. The highest BCUT2D eigenvalue weighted by molar-refractivity contribution is 7.89. The predicted molar refractivity (Wildman–Crippen MR) is 108 cm³/mol. The molecule has 0 unspecified atom stereocenters. The Morgan fingerprint density at radius 2 is 2.11 bits per heavy atom. The van der Waals surface area contributed by atoms with Crippen molar-refractivity contribution in [3.63, 3.8) is 0 Å². The Morgan fingerprint density at radius 1 is 1.32 bits per heavy atom. The van der Waals surface area contributed by atoms with Crippen molar-refractivity contribution in [2.24, 2.45) is 0 Å². The van der Waals surface area contributed by atoms with Gasteiger partial charge < -0.3 is 15.0 Å². The van der Waals surface area contributed by atoms with Crippen LogP contribution in [0.15, 0.2) is 35.4 Å². The summed E-state index contributed by atoms with van der Waals surface area (Å²) in [7, 11) is -4.15. The molecular weight excluding hydrogens is 402 g/mol. The van der Waals surface area contributed by atoms with Crippen LogP contribution in [0.4, 0.5) is 17.5 Å². The molecule has 1 aromatic heterocycles. The third-order valence-corrected chi connectivity index (χ3v) is 6.52. The number of ether oxygens (including phenoxy) is 1. The highest BCUT2D eigenvalue weighted by atomic mass is 35.5. The number of benzene rings is 1. The molecule has 2 heterocycles. The first-order valence-electron chi connectivity index (χ1n) is 10.4. The standard InChI is InChI=1S/C18H22ClN5O3S/c1-20-28(25,26)14-5-3-13(4-6-14)22-17-21-11-15(19)16(23-17)24-9-10-27-18(12-24)7-2-8-18/h3-6,11,20H,2,7-10,12H2,1H3,(H,21,22,23)/i1D3. The average Bonchev–Trinajstić information content (AvgIpc) is 2.67. The molecule has 1 spiro atoms. The van der Waals surface area contributed by atoms with Crippen molar-refractivity contribution in [3.8, 4) is 0 Å². The predicted octanol–water partition coefficient (Wildman–Crippen LogP) is 2.54. The highest BCUT2D eigenvalue weighted by Gasteiger charge is 2.42.